The summed E-state index contributed by atoms with van der Waals surface area (Å²) >= 11 is 0. The van der Waals surface area contributed by atoms with Gasteiger partial charge >= 0.3 is 0 Å². The molecule has 0 bridgehead atoms. The van der Waals surface area contributed by atoms with Crippen LogP contribution in [-0.4, -0.2) is 0 Å². The second-order valence-corrected chi connectivity index (χ2v) is 6.85. The van der Waals surface area contributed by atoms with E-state index in [1.54, 1.807) is 0 Å². The second-order valence-electron chi connectivity index (χ2n) is 6.85. The Morgan fingerprint density at radius 2 is 1.54 bits per heavy atom. The molecule has 0 saturated carbocycles. The summed E-state index contributed by atoms with van der Waals surface area (Å²) in [5, 5.41) is 2.72. The third-order valence-corrected chi connectivity index (χ3v) is 4.28. The van der Waals surface area contributed by atoms with Crippen LogP contribution in [0.25, 0.3) is 21.9 Å². The summed E-state index contributed by atoms with van der Waals surface area (Å²) < 4.78 is 0. The fourth-order valence-electron chi connectivity index (χ4n) is 2.90. The van der Waals surface area contributed by atoms with Gasteiger partial charge in [0.15, 0.2) is 0 Å². The number of benzene rings is 2. The first-order valence-corrected chi connectivity index (χ1v) is 7.78. The van der Waals surface area contributed by atoms with E-state index in [0.717, 1.165) is 6.42 Å². The molecule has 24 heavy (non-hydrogen) atoms. The number of hydrogen-bond acceptors (Lipinski definition) is 0. The Hall–Kier alpha value is -1.08. The Balaban J connectivity index is 0.00000176. The maximum absolute atomic E-state index is 2.34. The van der Waals surface area contributed by atoms with Crippen molar-refractivity contribution < 1.29 is 25.8 Å². The molecule has 3 aromatic rings. The van der Waals surface area contributed by atoms with E-state index in [1.807, 2.05) is 0 Å². The standard InChI is InChI=1S/C21H23.2CH3.Hf/c1-5-15-13-17-7-6-8-19(20(17)14-15)16-9-11-18(12-10-16)21(2,3)4;;;/h6-14H,5H2,1-4H3;2*1H3;/q3*-1;. The predicted octanol–water partition coefficient (Wildman–Crippen LogP) is 6.98. The maximum Gasteiger partial charge on any atom is 0 e. The van der Waals surface area contributed by atoms with Crippen molar-refractivity contribution in [3.8, 4) is 11.1 Å². The molecule has 0 N–H and O–H groups in total. The fraction of sp³-hybridized carbons (Fsp3) is 0.261. The molecule has 3 rings (SSSR count). The summed E-state index contributed by atoms with van der Waals surface area (Å²) in [4.78, 5) is 0. The van der Waals surface area contributed by atoms with Crippen molar-refractivity contribution in [2.24, 2.45) is 0 Å². The summed E-state index contributed by atoms with van der Waals surface area (Å²) in [7, 11) is 0. The molecule has 3 aromatic carbocycles. The van der Waals surface area contributed by atoms with Crippen LogP contribution in [-0.2, 0) is 37.7 Å². The molecule has 0 aliphatic rings. The average molecular weight is 484 g/mol. The molecule has 0 atom stereocenters. The van der Waals surface area contributed by atoms with Gasteiger partial charge in [0, 0.05) is 25.8 Å². The Bertz CT molecular complexity index is 755. The van der Waals surface area contributed by atoms with Gasteiger partial charge in [-0.2, -0.15) is 6.07 Å². The third kappa shape index (κ3) is 4.51. The van der Waals surface area contributed by atoms with E-state index in [2.05, 4.69) is 82.3 Å². The van der Waals surface area contributed by atoms with Crippen LogP contribution in [0.5, 0.6) is 0 Å². The average Bonchev–Trinajstić information content (AvgIpc) is 2.89. The summed E-state index contributed by atoms with van der Waals surface area (Å²) in [5.74, 6) is 0. The van der Waals surface area contributed by atoms with Crippen LogP contribution in [0.3, 0.4) is 0 Å². The number of hydrogen-bond donors (Lipinski definition) is 0. The Kier molecular flexibility index (Phi) is 8.45. The zero-order valence-corrected chi connectivity index (χ0v) is 19.5. The molecule has 128 valence electrons. The molecule has 0 aliphatic carbocycles. The van der Waals surface area contributed by atoms with Gasteiger partial charge in [0.05, 0.1) is 0 Å². The van der Waals surface area contributed by atoms with Gasteiger partial charge in [-0.3, -0.25) is 0 Å². The van der Waals surface area contributed by atoms with Crippen LogP contribution >= 0.6 is 0 Å². The number of fused-ring (bicyclic) bond motifs is 1. The van der Waals surface area contributed by atoms with E-state index in [9.17, 15) is 0 Å². The van der Waals surface area contributed by atoms with Crippen LogP contribution in [0.15, 0.2) is 54.6 Å². The van der Waals surface area contributed by atoms with Gasteiger partial charge in [-0.25, -0.2) is 0 Å². The Labute approximate surface area is 167 Å². The molecule has 0 amide bonds. The van der Waals surface area contributed by atoms with E-state index in [0.29, 0.717) is 0 Å². The molecule has 0 heterocycles. The molecular formula is C23H29Hf-3. The fourth-order valence-corrected chi connectivity index (χ4v) is 2.90. The zero-order chi connectivity index (χ0) is 15.0. The van der Waals surface area contributed by atoms with Gasteiger partial charge in [-0.05, 0) is 23.0 Å². The molecule has 0 radical (unpaired) electrons. The molecule has 1 heteroatoms. The largest absolute Gasteiger partial charge is 0.358 e. The molecule has 0 spiro atoms. The van der Waals surface area contributed by atoms with E-state index in [1.165, 1.54) is 33.0 Å². The predicted molar refractivity (Wildman–Crippen MR) is 106 cm³/mol. The van der Waals surface area contributed by atoms with Crippen molar-refractivity contribution in [2.45, 2.75) is 39.5 Å². The number of aryl methyl sites for hydroxylation is 1. The van der Waals surface area contributed by atoms with E-state index in [-0.39, 0.29) is 46.1 Å². The van der Waals surface area contributed by atoms with Crippen molar-refractivity contribution in [1.82, 2.24) is 0 Å². The minimum atomic E-state index is 0. The SMILES string of the molecule is CCc1cc2c(-c3ccc(C(C)(C)C)cc3)cccc2[cH-]1.[CH3-].[CH3-].[Hf]. The third-order valence-electron chi connectivity index (χ3n) is 4.28. The van der Waals surface area contributed by atoms with Crippen LogP contribution in [0.2, 0.25) is 0 Å². The van der Waals surface area contributed by atoms with Crippen molar-refractivity contribution >= 4 is 10.8 Å². The summed E-state index contributed by atoms with van der Waals surface area (Å²) in [6, 6.07) is 20.3. The van der Waals surface area contributed by atoms with E-state index in [4.69, 9.17) is 0 Å². The van der Waals surface area contributed by atoms with Gasteiger partial charge in [0.25, 0.3) is 0 Å². The summed E-state index contributed by atoms with van der Waals surface area (Å²) in [6.07, 6.45) is 1.09. The van der Waals surface area contributed by atoms with Crippen molar-refractivity contribution in [2.75, 3.05) is 0 Å². The first-order chi connectivity index (χ1) is 9.99. The van der Waals surface area contributed by atoms with Gasteiger partial charge in [-0.1, -0.05) is 63.6 Å². The van der Waals surface area contributed by atoms with Gasteiger partial charge in [-0.15, -0.1) is 34.5 Å². The molecular weight excluding hydrogens is 455 g/mol. The van der Waals surface area contributed by atoms with Crippen molar-refractivity contribution in [3.05, 3.63) is 80.6 Å². The van der Waals surface area contributed by atoms with Gasteiger partial charge in [0.1, 0.15) is 0 Å². The van der Waals surface area contributed by atoms with Gasteiger partial charge < -0.3 is 14.9 Å². The first-order valence-electron chi connectivity index (χ1n) is 7.78. The van der Waals surface area contributed by atoms with Crippen LogP contribution in [0, 0.1) is 14.9 Å². The second kappa shape index (κ2) is 8.85. The van der Waals surface area contributed by atoms with Crippen LogP contribution in [0.4, 0.5) is 0 Å². The molecule has 0 aliphatic heterocycles. The first kappa shape index (κ1) is 22.9. The molecule has 0 nitrogen and oxygen atoms in total. The maximum atomic E-state index is 2.34. The topological polar surface area (TPSA) is 0 Å². The van der Waals surface area contributed by atoms with Crippen molar-refractivity contribution in [1.29, 1.82) is 0 Å². The molecule has 0 fully saturated rings. The Morgan fingerprint density at radius 3 is 2.08 bits per heavy atom. The quantitative estimate of drug-likeness (QED) is 0.272. The minimum absolute atomic E-state index is 0. The van der Waals surface area contributed by atoms with Crippen LogP contribution in [0.1, 0.15) is 38.8 Å². The van der Waals surface area contributed by atoms with Gasteiger partial charge in [0.2, 0.25) is 0 Å². The zero-order valence-electron chi connectivity index (χ0n) is 15.9. The van der Waals surface area contributed by atoms with Crippen molar-refractivity contribution in [3.63, 3.8) is 0 Å². The smallest absolute Gasteiger partial charge is 0 e. The minimum Gasteiger partial charge on any atom is -0.358 e. The summed E-state index contributed by atoms with van der Waals surface area (Å²) in [6.45, 7) is 8.99. The molecule has 0 unspecified atom stereocenters. The van der Waals surface area contributed by atoms with E-state index >= 15 is 0 Å². The van der Waals surface area contributed by atoms with Crippen LogP contribution < -0.4 is 0 Å². The molecule has 0 aromatic heterocycles. The normalized spacial score (nSPS) is 10.5. The number of rotatable bonds is 2. The monoisotopic (exact) mass is 485 g/mol. The summed E-state index contributed by atoms with van der Waals surface area (Å²) in [5.41, 5.74) is 5.66. The molecule has 0 saturated heterocycles. The van der Waals surface area contributed by atoms with E-state index < -0.39 is 0 Å². The Morgan fingerprint density at radius 1 is 0.917 bits per heavy atom.